The number of anilines is 2. The number of ether oxygens (including phenoxy) is 1. The molecule has 2 aliphatic heterocycles. The maximum Gasteiger partial charge on any atom is 0.387 e. The zero-order valence-corrected chi connectivity index (χ0v) is 22.7. The van der Waals surface area contributed by atoms with E-state index in [2.05, 4.69) is 43.9 Å². The van der Waals surface area contributed by atoms with Crippen LogP contribution in [0.3, 0.4) is 0 Å². The Morgan fingerprint density at radius 2 is 1.52 bits per heavy atom. The highest BCUT2D eigenvalue weighted by molar-refractivity contribution is 7.89. The van der Waals surface area contributed by atoms with Gasteiger partial charge in [-0.1, -0.05) is 36.4 Å². The highest BCUT2D eigenvalue weighted by Gasteiger charge is 2.40. The van der Waals surface area contributed by atoms with E-state index in [-0.39, 0.29) is 26.2 Å². The van der Waals surface area contributed by atoms with Crippen LogP contribution >= 0.6 is 0 Å². The number of halogens is 6. The normalized spacial score (nSPS) is 16.7. The molecule has 1 fully saturated rings. The molecule has 6 rings (SSSR count). The van der Waals surface area contributed by atoms with Crippen molar-refractivity contribution in [3.63, 3.8) is 0 Å². The minimum atomic E-state index is -3.68. The van der Waals surface area contributed by atoms with Crippen LogP contribution in [-0.4, -0.2) is 58.2 Å². The Morgan fingerprint density at radius 3 is 2.29 bits per heavy atom. The molecule has 7 nitrogen and oxygen atoms in total. The van der Waals surface area contributed by atoms with Crippen molar-refractivity contribution in [1.29, 1.82) is 0 Å². The summed E-state index contributed by atoms with van der Waals surface area (Å²) in [7, 11) is 0. The number of rotatable bonds is 6. The summed E-state index contributed by atoms with van der Waals surface area (Å²) in [6.07, 6.45) is 2.13. The fraction of sp³-hybridized carbons (Fsp3) is 0.286. The van der Waals surface area contributed by atoms with Gasteiger partial charge in [0.15, 0.2) is 0 Å². The van der Waals surface area contributed by atoms with Crippen LogP contribution in [0.1, 0.15) is 11.3 Å². The average Bonchev–Trinajstić information content (AvgIpc) is 3.01. The molecule has 42 heavy (non-hydrogen) atoms. The van der Waals surface area contributed by atoms with Crippen molar-refractivity contribution in [3.05, 3.63) is 83.3 Å². The first-order valence-electron chi connectivity index (χ1n) is 13.0. The molecule has 14 heteroatoms. The molecule has 1 saturated heterocycles. The molecule has 1 unspecified atom stereocenters. The second-order valence-corrected chi connectivity index (χ2v) is 11.2. The first kappa shape index (κ1) is 28.4. The van der Waals surface area contributed by atoms with E-state index in [9.17, 15) is 30.9 Å². The third-order valence-electron chi connectivity index (χ3n) is 7.43. The Bertz CT molecular complexity index is 1630. The van der Waals surface area contributed by atoms with E-state index in [0.717, 1.165) is 38.6 Å². The number of piperazine rings is 1. The third-order valence-corrected chi connectivity index (χ3v) is 8.98. The van der Waals surface area contributed by atoms with Gasteiger partial charge < -0.3 is 19.1 Å². The summed E-state index contributed by atoms with van der Waals surface area (Å²) in [5, 5.41) is 2.28. The van der Waals surface area contributed by atoms with Crippen molar-refractivity contribution in [1.82, 2.24) is 14.3 Å². The van der Waals surface area contributed by atoms with Crippen LogP contribution in [0, 0.1) is 23.3 Å². The molecule has 1 aromatic heterocycles. The van der Waals surface area contributed by atoms with Gasteiger partial charge in [-0.15, -0.1) is 4.31 Å². The predicted molar refractivity (Wildman–Crippen MR) is 144 cm³/mol. The minimum absolute atomic E-state index is 0.00168. The molecule has 0 N–H and O–H groups in total. The molecule has 0 spiro atoms. The van der Waals surface area contributed by atoms with E-state index in [0.29, 0.717) is 18.8 Å². The fourth-order valence-electron chi connectivity index (χ4n) is 5.44. The lowest BCUT2D eigenvalue weighted by molar-refractivity contribution is -0.0551. The number of alkyl halides is 2. The molecule has 0 saturated carbocycles. The molecule has 4 aromatic rings. The SMILES string of the molecule is [O-][S+](c1c(F)c(F)c(F)c(F)c1OC(F)F)N1CCN(c2ncnc3c2CCN(c2cccc4ccccc24)C3)CC1. The molecule has 0 aliphatic carbocycles. The molecule has 3 heterocycles. The summed E-state index contributed by atoms with van der Waals surface area (Å²) in [6, 6.07) is 14.3. The van der Waals surface area contributed by atoms with Crippen molar-refractivity contribution in [2.45, 2.75) is 24.5 Å². The number of benzene rings is 3. The van der Waals surface area contributed by atoms with Gasteiger partial charge in [0, 0.05) is 36.3 Å². The van der Waals surface area contributed by atoms with Crippen LogP contribution in [0.5, 0.6) is 5.75 Å². The van der Waals surface area contributed by atoms with E-state index in [1.165, 1.54) is 6.33 Å². The molecule has 220 valence electrons. The lowest BCUT2D eigenvalue weighted by Gasteiger charge is -2.37. The molecule has 0 bridgehead atoms. The van der Waals surface area contributed by atoms with Crippen LogP contribution in [-0.2, 0) is 24.3 Å². The molecular formula is C28H23F6N5O2S. The van der Waals surface area contributed by atoms with Crippen molar-refractivity contribution in [2.75, 3.05) is 42.5 Å². The lowest BCUT2D eigenvalue weighted by atomic mass is 10.0. The number of hydrogen-bond acceptors (Lipinski definition) is 7. The Kier molecular flexibility index (Phi) is 7.77. The van der Waals surface area contributed by atoms with Crippen molar-refractivity contribution in [2.24, 2.45) is 0 Å². The molecular weight excluding hydrogens is 584 g/mol. The molecule has 0 amide bonds. The Morgan fingerprint density at radius 1 is 0.810 bits per heavy atom. The van der Waals surface area contributed by atoms with Gasteiger partial charge in [-0.05, 0) is 17.9 Å². The van der Waals surface area contributed by atoms with Crippen LogP contribution < -0.4 is 14.5 Å². The second kappa shape index (κ2) is 11.5. The van der Waals surface area contributed by atoms with Gasteiger partial charge in [0.2, 0.25) is 29.0 Å². The van der Waals surface area contributed by atoms with E-state index in [1.54, 1.807) is 0 Å². The van der Waals surface area contributed by atoms with Gasteiger partial charge in [-0.2, -0.15) is 17.6 Å². The summed E-state index contributed by atoms with van der Waals surface area (Å²) in [4.78, 5) is 11.9. The topological polar surface area (TPSA) is 67.8 Å². The summed E-state index contributed by atoms with van der Waals surface area (Å²) in [5.41, 5.74) is 2.93. The molecule has 2 aliphatic rings. The largest absolute Gasteiger partial charge is 0.593 e. The number of nitrogens with zero attached hydrogens (tertiary/aromatic N) is 5. The third kappa shape index (κ3) is 5.07. The van der Waals surface area contributed by atoms with E-state index >= 15 is 0 Å². The Labute approximate surface area is 239 Å². The highest BCUT2D eigenvalue weighted by Crippen LogP contribution is 2.38. The Balaban J connectivity index is 1.20. The number of fused-ring (bicyclic) bond motifs is 2. The first-order chi connectivity index (χ1) is 20.2. The average molecular weight is 608 g/mol. The predicted octanol–water partition coefficient (Wildman–Crippen LogP) is 5.20. The fourth-order valence-corrected chi connectivity index (χ4v) is 6.73. The zero-order valence-electron chi connectivity index (χ0n) is 21.9. The minimum Gasteiger partial charge on any atom is -0.593 e. The van der Waals surface area contributed by atoms with E-state index in [4.69, 9.17) is 0 Å². The summed E-state index contributed by atoms with van der Waals surface area (Å²) in [5.74, 6) is -9.76. The Hall–Kier alpha value is -3.75. The van der Waals surface area contributed by atoms with Crippen molar-refractivity contribution < 1.29 is 35.6 Å². The molecule has 0 radical (unpaired) electrons. The number of hydrogen-bond donors (Lipinski definition) is 0. The standard InChI is InChI=1S/C28H23F6N5O2S/c29-21-22(30)24(32)26(25(23(21)31)41-28(33)34)42(40)39-12-10-37(11-13-39)27-18-8-9-38(14-19(18)35-15-36-27)20-7-3-5-16-4-1-2-6-17(16)20/h1-7,15,28H,8-14H2. The van der Waals surface area contributed by atoms with Crippen LogP contribution in [0.2, 0.25) is 0 Å². The lowest BCUT2D eigenvalue weighted by Crippen LogP contribution is -2.49. The van der Waals surface area contributed by atoms with Crippen LogP contribution in [0.4, 0.5) is 37.8 Å². The maximum absolute atomic E-state index is 14.6. The first-order valence-corrected chi connectivity index (χ1v) is 14.1. The zero-order chi connectivity index (χ0) is 29.5. The van der Waals surface area contributed by atoms with Crippen LogP contribution in [0.15, 0.2) is 53.7 Å². The monoisotopic (exact) mass is 607 g/mol. The number of aromatic nitrogens is 2. The quantitative estimate of drug-likeness (QED) is 0.129. The van der Waals surface area contributed by atoms with Gasteiger partial charge in [0.05, 0.1) is 36.7 Å². The van der Waals surface area contributed by atoms with Gasteiger partial charge in [-0.25, -0.2) is 18.7 Å². The highest BCUT2D eigenvalue weighted by atomic mass is 32.2. The smallest absolute Gasteiger partial charge is 0.387 e. The second-order valence-electron chi connectivity index (χ2n) is 9.75. The molecule has 1 atom stereocenters. The van der Waals surface area contributed by atoms with Crippen molar-refractivity contribution in [3.8, 4) is 5.75 Å². The van der Waals surface area contributed by atoms with Gasteiger partial charge in [0.25, 0.3) is 4.90 Å². The van der Waals surface area contributed by atoms with Gasteiger partial charge in [-0.3, -0.25) is 0 Å². The summed E-state index contributed by atoms with van der Waals surface area (Å²) >= 11 is -2.66. The van der Waals surface area contributed by atoms with E-state index in [1.807, 2.05) is 23.1 Å². The van der Waals surface area contributed by atoms with Gasteiger partial charge in [0.1, 0.15) is 12.1 Å². The van der Waals surface area contributed by atoms with E-state index < -0.39 is 51.9 Å². The summed E-state index contributed by atoms with van der Waals surface area (Å²) < 4.78 is 100. The summed E-state index contributed by atoms with van der Waals surface area (Å²) in [6.45, 7) is -1.92. The maximum atomic E-state index is 14.6. The molecule has 3 aromatic carbocycles. The van der Waals surface area contributed by atoms with Crippen molar-refractivity contribution >= 4 is 33.6 Å². The van der Waals surface area contributed by atoms with Gasteiger partial charge >= 0.3 is 6.61 Å². The van der Waals surface area contributed by atoms with Crippen LogP contribution in [0.25, 0.3) is 10.8 Å².